The second-order valence-electron chi connectivity index (χ2n) is 3.05. The highest BCUT2D eigenvalue weighted by Crippen LogP contribution is 2.27. The maximum atomic E-state index is 12.0. The minimum absolute atomic E-state index is 0.0558. The first kappa shape index (κ1) is 12.0. The lowest BCUT2D eigenvalue weighted by atomic mass is 10.2. The summed E-state index contributed by atoms with van der Waals surface area (Å²) in [4.78, 5) is 3.21. The molecule has 1 aromatic rings. The van der Waals surface area contributed by atoms with Gasteiger partial charge in [0.15, 0.2) is 5.82 Å². The quantitative estimate of drug-likeness (QED) is 0.774. The molecule has 0 aliphatic carbocycles. The number of aliphatic hydroxyl groups is 1. The molecule has 0 bridgehead atoms. The Balaban J connectivity index is 2.40. The Morgan fingerprint density at radius 2 is 1.93 bits per heavy atom. The van der Waals surface area contributed by atoms with Crippen LogP contribution in [0, 0.1) is 0 Å². The smallest absolute Gasteiger partial charge is 0.396 e. The molecule has 0 spiro atoms. The average molecular weight is 224 g/mol. The topological polar surface area (TPSA) is 59.2 Å². The maximum absolute atomic E-state index is 12.0. The van der Waals surface area contributed by atoms with E-state index in [1.165, 1.54) is 0 Å². The van der Waals surface area contributed by atoms with Crippen LogP contribution in [-0.4, -0.2) is 21.9 Å². The fraction of sp³-hybridized carbons (Fsp3) is 0.750. The Labute approximate surface area is 84.1 Å². The molecule has 15 heavy (non-hydrogen) atoms. The molecule has 1 heterocycles. The molecule has 1 N–H and O–H groups in total. The van der Waals surface area contributed by atoms with Gasteiger partial charge in [-0.15, -0.1) is 0 Å². The number of unbranched alkanes of at least 4 members (excludes halogenated alkanes) is 2. The van der Waals surface area contributed by atoms with Crippen LogP contribution in [0.4, 0.5) is 13.2 Å². The molecule has 0 atom stereocenters. The van der Waals surface area contributed by atoms with Crippen molar-refractivity contribution in [3.63, 3.8) is 0 Å². The minimum atomic E-state index is -4.57. The summed E-state index contributed by atoms with van der Waals surface area (Å²) in [6.45, 7) is 0.0834. The summed E-state index contributed by atoms with van der Waals surface area (Å²) in [5.41, 5.74) is 0. The first-order valence-electron chi connectivity index (χ1n) is 4.54. The molecule has 0 amide bonds. The fourth-order valence-corrected chi connectivity index (χ4v) is 1.04. The first-order valence-corrected chi connectivity index (χ1v) is 4.54. The summed E-state index contributed by atoms with van der Waals surface area (Å²) in [5.74, 6) is -1.25. The SMILES string of the molecule is OCCCCCc1noc(C(F)(F)F)n1. The van der Waals surface area contributed by atoms with E-state index < -0.39 is 12.1 Å². The highest BCUT2D eigenvalue weighted by atomic mass is 19.4. The van der Waals surface area contributed by atoms with Crippen LogP contribution in [0.3, 0.4) is 0 Å². The van der Waals surface area contributed by atoms with Crippen molar-refractivity contribution in [2.45, 2.75) is 31.9 Å². The van der Waals surface area contributed by atoms with Crippen LogP contribution in [-0.2, 0) is 12.6 Å². The number of aryl methyl sites for hydroxylation is 1. The Kier molecular flexibility index (Phi) is 4.07. The summed E-state index contributed by atoms with van der Waals surface area (Å²) in [6, 6.07) is 0. The van der Waals surface area contributed by atoms with E-state index in [0.717, 1.165) is 6.42 Å². The summed E-state index contributed by atoms with van der Waals surface area (Å²) >= 11 is 0. The minimum Gasteiger partial charge on any atom is -0.396 e. The van der Waals surface area contributed by atoms with Gasteiger partial charge in [-0.25, -0.2) is 0 Å². The third-order valence-corrected chi connectivity index (χ3v) is 1.77. The lowest BCUT2D eigenvalue weighted by molar-refractivity contribution is -0.159. The lowest BCUT2D eigenvalue weighted by Gasteiger charge is -1.96. The predicted molar refractivity (Wildman–Crippen MR) is 43.9 cm³/mol. The van der Waals surface area contributed by atoms with Crippen LogP contribution in [0.25, 0.3) is 0 Å². The number of aliphatic hydroxyl groups excluding tert-OH is 1. The van der Waals surface area contributed by atoms with E-state index in [1.807, 2.05) is 0 Å². The van der Waals surface area contributed by atoms with Crippen LogP contribution >= 0.6 is 0 Å². The number of rotatable bonds is 5. The van der Waals surface area contributed by atoms with E-state index in [-0.39, 0.29) is 12.4 Å². The number of hydrogen-bond donors (Lipinski definition) is 1. The highest BCUT2D eigenvalue weighted by molar-refractivity contribution is 4.89. The largest absolute Gasteiger partial charge is 0.471 e. The first-order chi connectivity index (χ1) is 7.04. The van der Waals surface area contributed by atoms with Gasteiger partial charge in [0.2, 0.25) is 0 Å². The molecule has 0 aromatic carbocycles. The predicted octanol–water partition coefficient (Wildman–Crippen LogP) is 1.79. The zero-order valence-corrected chi connectivity index (χ0v) is 7.92. The van der Waals surface area contributed by atoms with E-state index in [4.69, 9.17) is 5.11 Å². The number of alkyl halides is 3. The summed E-state index contributed by atoms with van der Waals surface area (Å²) in [7, 11) is 0. The molecule has 0 radical (unpaired) electrons. The average Bonchev–Trinajstić information content (AvgIpc) is 2.60. The van der Waals surface area contributed by atoms with Crippen molar-refractivity contribution >= 4 is 0 Å². The Morgan fingerprint density at radius 3 is 2.47 bits per heavy atom. The molecule has 86 valence electrons. The van der Waals surface area contributed by atoms with Gasteiger partial charge >= 0.3 is 12.1 Å². The van der Waals surface area contributed by atoms with Gasteiger partial charge in [-0.1, -0.05) is 11.6 Å². The van der Waals surface area contributed by atoms with Gasteiger partial charge in [0, 0.05) is 13.0 Å². The Morgan fingerprint density at radius 1 is 1.20 bits per heavy atom. The van der Waals surface area contributed by atoms with Crippen molar-refractivity contribution in [2.75, 3.05) is 6.61 Å². The summed E-state index contributed by atoms with van der Waals surface area (Å²) in [5, 5.41) is 11.7. The second-order valence-corrected chi connectivity index (χ2v) is 3.05. The van der Waals surface area contributed by atoms with Crippen molar-refractivity contribution in [1.82, 2.24) is 10.1 Å². The van der Waals surface area contributed by atoms with Crippen LogP contribution < -0.4 is 0 Å². The van der Waals surface area contributed by atoms with Crippen molar-refractivity contribution < 1.29 is 22.8 Å². The van der Waals surface area contributed by atoms with E-state index in [1.54, 1.807) is 0 Å². The molecule has 4 nitrogen and oxygen atoms in total. The van der Waals surface area contributed by atoms with Crippen LogP contribution in [0.15, 0.2) is 4.52 Å². The van der Waals surface area contributed by atoms with E-state index in [0.29, 0.717) is 19.3 Å². The Hall–Kier alpha value is -1.11. The third-order valence-electron chi connectivity index (χ3n) is 1.77. The van der Waals surface area contributed by atoms with Gasteiger partial charge in [0.1, 0.15) is 0 Å². The molecule has 0 saturated heterocycles. The van der Waals surface area contributed by atoms with Crippen molar-refractivity contribution in [1.29, 1.82) is 0 Å². The molecule has 0 unspecified atom stereocenters. The lowest BCUT2D eigenvalue weighted by Crippen LogP contribution is -2.05. The molecule has 0 saturated carbocycles. The molecular formula is C8H11F3N2O2. The summed E-state index contributed by atoms with van der Waals surface area (Å²) in [6.07, 6.45) is -2.25. The van der Waals surface area contributed by atoms with Gasteiger partial charge < -0.3 is 9.63 Å². The molecule has 0 fully saturated rings. The van der Waals surface area contributed by atoms with Crippen LogP contribution in [0.5, 0.6) is 0 Å². The fourth-order valence-electron chi connectivity index (χ4n) is 1.04. The van der Waals surface area contributed by atoms with Crippen molar-refractivity contribution in [3.05, 3.63) is 11.7 Å². The van der Waals surface area contributed by atoms with Gasteiger partial charge in [-0.3, -0.25) is 0 Å². The van der Waals surface area contributed by atoms with Crippen molar-refractivity contribution in [3.8, 4) is 0 Å². The monoisotopic (exact) mass is 224 g/mol. The van der Waals surface area contributed by atoms with Crippen LogP contribution in [0.2, 0.25) is 0 Å². The van der Waals surface area contributed by atoms with Gasteiger partial charge in [0.05, 0.1) is 0 Å². The zero-order valence-electron chi connectivity index (χ0n) is 7.92. The van der Waals surface area contributed by atoms with E-state index in [2.05, 4.69) is 14.7 Å². The third kappa shape index (κ3) is 3.86. The van der Waals surface area contributed by atoms with E-state index in [9.17, 15) is 13.2 Å². The number of aromatic nitrogens is 2. The van der Waals surface area contributed by atoms with Gasteiger partial charge in [-0.2, -0.15) is 18.2 Å². The number of nitrogens with zero attached hydrogens (tertiary/aromatic N) is 2. The Bertz CT molecular complexity index is 298. The second kappa shape index (κ2) is 5.11. The standard InChI is InChI=1S/C8H11F3N2O2/c9-8(10,11)7-12-6(13-15-7)4-2-1-3-5-14/h14H,1-5H2. The number of halogens is 3. The summed E-state index contributed by atoms with van der Waals surface area (Å²) < 4.78 is 40.1. The number of hydrogen-bond acceptors (Lipinski definition) is 4. The molecule has 1 aromatic heterocycles. The highest BCUT2D eigenvalue weighted by Gasteiger charge is 2.38. The normalized spacial score (nSPS) is 12.0. The van der Waals surface area contributed by atoms with Gasteiger partial charge in [0.25, 0.3) is 0 Å². The molecule has 0 aliphatic rings. The van der Waals surface area contributed by atoms with Crippen LogP contribution in [0.1, 0.15) is 31.0 Å². The maximum Gasteiger partial charge on any atom is 0.471 e. The van der Waals surface area contributed by atoms with Gasteiger partial charge in [-0.05, 0) is 12.8 Å². The molecular weight excluding hydrogens is 213 g/mol. The van der Waals surface area contributed by atoms with E-state index >= 15 is 0 Å². The molecule has 0 aliphatic heterocycles. The molecule has 7 heteroatoms. The molecule has 1 rings (SSSR count). The van der Waals surface area contributed by atoms with Crippen molar-refractivity contribution in [2.24, 2.45) is 0 Å². The zero-order chi connectivity index (χ0) is 11.3.